The summed E-state index contributed by atoms with van der Waals surface area (Å²) < 4.78 is 107. The monoisotopic (exact) mass is 1260 g/mol. The van der Waals surface area contributed by atoms with Gasteiger partial charge in [-0.25, -0.2) is 52.7 Å². The van der Waals surface area contributed by atoms with Crippen molar-refractivity contribution in [1.82, 2.24) is 49.7 Å². The number of nitrogens with zero attached hydrogens (tertiary/aromatic N) is 8. The Kier molecular flexibility index (Phi) is 21.0. The number of nitrogen functional groups attached to an aromatic ring is 2. The zero-order chi connectivity index (χ0) is 59.3. The van der Waals surface area contributed by atoms with E-state index in [4.69, 9.17) is 34.5 Å². The summed E-state index contributed by atoms with van der Waals surface area (Å²) in [6.45, 7) is -1.53. The summed E-state index contributed by atoms with van der Waals surface area (Å²) in [7, 11) is -27.4. The van der Waals surface area contributed by atoms with Gasteiger partial charge in [-0.1, -0.05) is 25.6 Å². The highest BCUT2D eigenvalue weighted by Gasteiger charge is 2.52. The molecule has 2 fully saturated rings. The predicted molar refractivity (Wildman–Crippen MR) is 260 cm³/mol. The van der Waals surface area contributed by atoms with Gasteiger partial charge in [0.2, 0.25) is 11.8 Å². The van der Waals surface area contributed by atoms with Gasteiger partial charge in [0.1, 0.15) is 72.8 Å². The minimum atomic E-state index is -5.67. The molecule has 40 nitrogen and oxygen atoms in total. The van der Waals surface area contributed by atoms with Gasteiger partial charge < -0.3 is 80.8 Å². The van der Waals surface area contributed by atoms with Crippen LogP contribution in [0.15, 0.2) is 25.3 Å². The Bertz CT molecular complexity index is 3170. The Labute approximate surface area is 451 Å². The standard InChI is InChI=1S/C34H51N12O28P5S/c1-34(2,10-68-79(64,65)74-78(62,63)67-9-16-25(73-76(57,58)59)23(51)33(70-16)46-14-44-21-28(36)40-12-42-30(21)46)26(52)31(53)38-4-3-17(47)37-5-6-80-19(49)7-18(48)71-77(60,61)66-8-15-24(72-75(54,55)56)22(50)32(69-15)45-13-43-20-27(35)39-11-41-29(20)45/h11-16,22-26,32-33,50-52H,3-10H2,1-2H3,(H,37,47)(H,38,53)(H,60,61)(H,62,63)(H,64,65)(H2,35,39,41)(H2,36,40,42)(H2,54,55,56)(H2,57,58,59)/t15-,16-,22-,23-,24-,25-,26+,32-,33-/m1/s1. The highest BCUT2D eigenvalue weighted by molar-refractivity contribution is 8.13. The number of fused-ring (bicyclic) bond motifs is 2. The van der Waals surface area contributed by atoms with Crippen LogP contribution >= 0.6 is 50.9 Å². The second kappa shape index (κ2) is 26.0. The van der Waals surface area contributed by atoms with E-state index in [1.807, 2.05) is 0 Å². The number of rotatable bonds is 28. The molecule has 0 spiro atoms. The van der Waals surface area contributed by atoms with Crippen molar-refractivity contribution >= 4 is 108 Å². The summed E-state index contributed by atoms with van der Waals surface area (Å²) >= 11 is 0.489. The van der Waals surface area contributed by atoms with Gasteiger partial charge in [0.05, 0.1) is 32.5 Å². The van der Waals surface area contributed by atoms with Gasteiger partial charge in [0.15, 0.2) is 40.5 Å². The number of aromatic nitrogens is 8. The Morgan fingerprint density at radius 2 is 1.19 bits per heavy atom. The van der Waals surface area contributed by atoms with E-state index >= 15 is 0 Å². The molecule has 0 saturated carbocycles. The third-order valence-electron chi connectivity index (χ3n) is 10.9. The lowest BCUT2D eigenvalue weighted by molar-refractivity contribution is -0.138. The summed E-state index contributed by atoms with van der Waals surface area (Å²) in [4.78, 5) is 142. The molecule has 4 aromatic rings. The van der Waals surface area contributed by atoms with Crippen LogP contribution in [0.1, 0.15) is 39.1 Å². The van der Waals surface area contributed by atoms with Crippen molar-refractivity contribution in [3.63, 3.8) is 0 Å². The minimum absolute atomic E-state index is 0.0125. The number of nitrogens with two attached hydrogens (primary N) is 2. The maximum absolute atomic E-state index is 12.8. The van der Waals surface area contributed by atoms with Gasteiger partial charge in [-0.15, -0.1) is 0 Å². The maximum Gasteiger partial charge on any atom is 0.529 e. The molecule has 0 aliphatic carbocycles. The van der Waals surface area contributed by atoms with Gasteiger partial charge in [0.25, 0.3) is 0 Å². The molecule has 80 heavy (non-hydrogen) atoms. The first-order valence-electron chi connectivity index (χ1n) is 22.3. The number of aliphatic hydroxyl groups excluding tert-OH is 3. The molecule has 2 saturated heterocycles. The van der Waals surface area contributed by atoms with Crippen molar-refractivity contribution in [1.29, 1.82) is 0 Å². The first kappa shape index (κ1) is 64.7. The van der Waals surface area contributed by atoms with E-state index in [1.54, 1.807) is 0 Å². The van der Waals surface area contributed by atoms with E-state index in [-0.39, 0.29) is 46.3 Å². The molecular weight excluding hydrogens is 1210 g/mol. The van der Waals surface area contributed by atoms with E-state index in [1.165, 1.54) is 0 Å². The topological polar surface area (TPSA) is 602 Å². The van der Waals surface area contributed by atoms with Gasteiger partial charge in [-0.2, -0.15) is 4.31 Å². The van der Waals surface area contributed by atoms with Crippen LogP contribution in [-0.2, 0) is 82.9 Å². The van der Waals surface area contributed by atoms with Crippen molar-refractivity contribution in [3.05, 3.63) is 25.3 Å². The highest BCUT2D eigenvalue weighted by atomic mass is 32.2. The highest BCUT2D eigenvalue weighted by Crippen LogP contribution is 2.61. The lowest BCUT2D eigenvalue weighted by atomic mass is 9.87. The fourth-order valence-corrected chi connectivity index (χ4v) is 12.0. The van der Waals surface area contributed by atoms with Crippen LogP contribution in [0.2, 0.25) is 0 Å². The Morgan fingerprint density at radius 1 is 0.713 bits per heavy atom. The van der Waals surface area contributed by atoms with Crippen molar-refractivity contribution in [2.45, 2.75) is 81.9 Å². The van der Waals surface area contributed by atoms with Crippen LogP contribution < -0.4 is 22.1 Å². The maximum atomic E-state index is 12.8. The van der Waals surface area contributed by atoms with Crippen LogP contribution in [0.3, 0.4) is 0 Å². The largest absolute Gasteiger partial charge is 0.529 e. The van der Waals surface area contributed by atoms with Crippen LogP contribution in [0.4, 0.5) is 11.6 Å². The number of anilines is 2. The van der Waals surface area contributed by atoms with E-state index in [0.717, 1.165) is 48.3 Å². The molecule has 0 radical (unpaired) electrons. The molecule has 16 N–H and O–H groups in total. The van der Waals surface area contributed by atoms with Crippen molar-refractivity contribution in [2.24, 2.45) is 5.41 Å². The molecule has 6 heterocycles. The second-order valence-electron chi connectivity index (χ2n) is 17.4. The van der Waals surface area contributed by atoms with Gasteiger partial charge in [-0.05, 0) is 0 Å². The third kappa shape index (κ3) is 17.5. The number of ether oxygens (including phenoxy) is 2. The zero-order valence-corrected chi connectivity index (χ0v) is 46.1. The van der Waals surface area contributed by atoms with Crippen LogP contribution in [0.5, 0.6) is 0 Å². The molecule has 6 rings (SSSR count). The number of hydrogen-bond donors (Lipinski definition) is 14. The van der Waals surface area contributed by atoms with E-state index in [0.29, 0.717) is 11.8 Å². The molecule has 46 heteroatoms. The number of carbonyl (C=O) groups excluding carboxylic acids is 4. The summed E-state index contributed by atoms with van der Waals surface area (Å²) in [5.74, 6) is -3.65. The summed E-state index contributed by atoms with van der Waals surface area (Å²) in [5, 5.41) is 36.2. The smallest absolute Gasteiger partial charge is 0.386 e. The number of phosphoric ester groups is 5. The molecule has 12 atom stereocenters. The van der Waals surface area contributed by atoms with Crippen molar-refractivity contribution in [2.75, 3.05) is 50.1 Å². The molecule has 0 bridgehead atoms. The third-order valence-corrected chi connectivity index (χ3v) is 16.3. The summed E-state index contributed by atoms with van der Waals surface area (Å²) in [5.41, 5.74) is 9.90. The van der Waals surface area contributed by atoms with Crippen LogP contribution in [-0.4, -0.2) is 193 Å². The van der Waals surface area contributed by atoms with Gasteiger partial charge in [-0.3, -0.25) is 55.8 Å². The number of aliphatic hydroxyl groups is 3. The van der Waals surface area contributed by atoms with Gasteiger partial charge >= 0.3 is 45.1 Å². The number of carbonyl (C=O) groups is 4. The number of nitrogens with one attached hydrogen (secondary N) is 2. The normalized spacial score (nSPS) is 24.4. The Hall–Kier alpha value is -4.44. The number of thioether (sulfide) groups is 1. The number of imidazole rings is 2. The average molecular weight is 1260 g/mol. The molecule has 0 aromatic carbocycles. The number of hydrogen-bond acceptors (Lipinski definition) is 30. The Balaban J connectivity index is 0.870. The van der Waals surface area contributed by atoms with E-state index in [2.05, 4.69) is 58.4 Å². The lowest BCUT2D eigenvalue weighted by Gasteiger charge is -2.30. The fraction of sp³-hybridized carbons (Fsp3) is 0.588. The minimum Gasteiger partial charge on any atom is -0.386 e. The summed E-state index contributed by atoms with van der Waals surface area (Å²) in [6, 6.07) is 0. The molecule has 3 unspecified atom stereocenters. The quantitative estimate of drug-likeness (QED) is 0.0152. The number of phosphoric acid groups is 5. The predicted octanol–water partition coefficient (Wildman–Crippen LogP) is -3.13. The van der Waals surface area contributed by atoms with Crippen molar-refractivity contribution < 1.29 is 133 Å². The molecule has 4 aromatic heterocycles. The summed E-state index contributed by atoms with van der Waals surface area (Å²) in [6.07, 6.45) is -13.6. The SMILES string of the molecule is CC(C)(COP(=O)(O)OP(=O)(O)OC[C@H]1O[C@@H](n2cnc3c(N)ncnc32)[C@H](O)[C@@H]1OP(=O)(O)O)[C@@H](O)C(=O)NCCC(=O)NCCSC(=O)CC(=O)OP(=O)(O)OC[C@H]1O[C@@H](n2cnc3c(N)ncnc32)[C@H](O)[C@@H]1OP(=O)(O)O. The van der Waals surface area contributed by atoms with Gasteiger partial charge in [0, 0.05) is 30.7 Å². The Morgan fingerprint density at radius 3 is 1.68 bits per heavy atom. The first-order valence-corrected chi connectivity index (χ1v) is 30.8. The molecule has 2 amide bonds. The zero-order valence-electron chi connectivity index (χ0n) is 40.9. The lowest BCUT2D eigenvalue weighted by Crippen LogP contribution is -2.46. The fourth-order valence-electron chi connectivity index (χ4n) is 7.25. The average Bonchev–Trinajstić information content (AvgIpc) is 4.32. The molecule has 2 aliphatic rings. The van der Waals surface area contributed by atoms with E-state index < -0.39 is 162 Å². The first-order chi connectivity index (χ1) is 37.1. The van der Waals surface area contributed by atoms with Crippen LogP contribution in [0, 0.1) is 5.41 Å². The molecule has 2 aliphatic heterocycles. The van der Waals surface area contributed by atoms with Crippen LogP contribution in [0.25, 0.3) is 22.3 Å². The second-order valence-corrected chi connectivity index (χ2v) is 25.4. The molecule has 446 valence electrons. The number of amides is 2. The van der Waals surface area contributed by atoms with Crippen molar-refractivity contribution in [3.8, 4) is 0 Å². The molecular formula is C34H51N12O28P5S. The van der Waals surface area contributed by atoms with E-state index in [9.17, 15) is 91.6 Å².